The molecule has 3 fully saturated rings. The van der Waals surface area contributed by atoms with Crippen molar-refractivity contribution in [2.75, 3.05) is 12.0 Å². The molecule has 3 aliphatic heterocycles. The highest BCUT2D eigenvalue weighted by molar-refractivity contribution is 6.31. The van der Waals surface area contributed by atoms with E-state index in [1.54, 1.807) is 24.3 Å². The molecule has 0 spiro atoms. The molecule has 3 aliphatic rings. The summed E-state index contributed by atoms with van der Waals surface area (Å²) >= 11 is 5.97. The predicted octanol–water partition coefficient (Wildman–Crippen LogP) is 2.65. The number of anilines is 1. The van der Waals surface area contributed by atoms with Crippen molar-refractivity contribution in [3.63, 3.8) is 0 Å². The van der Waals surface area contributed by atoms with E-state index in [4.69, 9.17) is 16.3 Å². The minimum absolute atomic E-state index is 0.302. The number of rotatable bonds is 3. The molecule has 148 valence electrons. The Labute approximate surface area is 172 Å². The highest BCUT2D eigenvalue weighted by Gasteiger charge is 2.77. The molecule has 3 saturated heterocycles. The highest BCUT2D eigenvalue weighted by Crippen LogP contribution is 2.61. The molecular formula is C22H19ClN2O4. The Hall–Kier alpha value is -2.70. The van der Waals surface area contributed by atoms with E-state index in [1.165, 1.54) is 12.0 Å². The molecule has 0 radical (unpaired) electrons. The first-order valence-electron chi connectivity index (χ1n) is 9.51. The van der Waals surface area contributed by atoms with Crippen LogP contribution in [0.25, 0.3) is 0 Å². The summed E-state index contributed by atoms with van der Waals surface area (Å²) in [5, 5.41) is 3.92. The van der Waals surface area contributed by atoms with E-state index < -0.39 is 28.9 Å². The predicted molar refractivity (Wildman–Crippen MR) is 106 cm³/mol. The molecular weight excluding hydrogens is 392 g/mol. The molecule has 7 heteroatoms. The lowest BCUT2D eigenvalue weighted by Crippen LogP contribution is -2.54. The standard InChI is InChI=1S/C22H19ClN2O4/c1-29-20(28)22-12-11-21(24-22,13-5-3-2-4-6-13)16-17(22)19(27)25(18(16)26)15-9-7-14(23)8-10-15/h2-10,16-17,24H,11-12H2,1H3/t16?,17?,21-,22+/m0/s1. The van der Waals surface area contributed by atoms with Crippen LogP contribution >= 0.6 is 11.6 Å². The topological polar surface area (TPSA) is 75.7 Å². The van der Waals surface area contributed by atoms with Gasteiger partial charge in [-0.3, -0.25) is 19.7 Å². The van der Waals surface area contributed by atoms with Crippen LogP contribution in [0.4, 0.5) is 5.69 Å². The van der Waals surface area contributed by atoms with Gasteiger partial charge in [0.05, 0.1) is 30.2 Å². The Balaban J connectivity index is 1.68. The van der Waals surface area contributed by atoms with Gasteiger partial charge in [0.15, 0.2) is 0 Å². The van der Waals surface area contributed by atoms with Crippen LogP contribution in [0.15, 0.2) is 54.6 Å². The van der Waals surface area contributed by atoms with Gasteiger partial charge in [-0.15, -0.1) is 0 Å². The van der Waals surface area contributed by atoms with Crippen molar-refractivity contribution in [3.8, 4) is 0 Å². The SMILES string of the molecule is COC(=O)[C@]12CC[C@@](c3ccccc3)(N1)C1C(=O)N(c3ccc(Cl)cc3)C(=O)C12. The maximum atomic E-state index is 13.6. The van der Waals surface area contributed by atoms with Crippen molar-refractivity contribution in [2.24, 2.45) is 11.8 Å². The zero-order valence-corrected chi connectivity index (χ0v) is 16.5. The number of hydrogen-bond donors (Lipinski definition) is 1. The third-order valence-corrected chi connectivity index (χ3v) is 6.90. The van der Waals surface area contributed by atoms with E-state index in [1.807, 2.05) is 30.3 Å². The van der Waals surface area contributed by atoms with E-state index in [0.717, 1.165) is 5.56 Å². The van der Waals surface area contributed by atoms with Crippen molar-refractivity contribution in [2.45, 2.75) is 23.9 Å². The van der Waals surface area contributed by atoms with Crippen LogP contribution in [0, 0.1) is 11.8 Å². The summed E-state index contributed by atoms with van der Waals surface area (Å²) < 4.78 is 5.08. The third-order valence-electron chi connectivity index (χ3n) is 6.65. The third kappa shape index (κ3) is 2.24. The average Bonchev–Trinajstić information content (AvgIpc) is 3.37. The van der Waals surface area contributed by atoms with Gasteiger partial charge in [-0.05, 0) is 42.7 Å². The van der Waals surface area contributed by atoms with Gasteiger partial charge in [0.25, 0.3) is 0 Å². The van der Waals surface area contributed by atoms with Gasteiger partial charge in [-0.1, -0.05) is 41.9 Å². The van der Waals surface area contributed by atoms with Gasteiger partial charge in [-0.2, -0.15) is 0 Å². The van der Waals surface area contributed by atoms with Crippen molar-refractivity contribution in [1.82, 2.24) is 5.32 Å². The fourth-order valence-electron chi connectivity index (χ4n) is 5.48. The molecule has 5 rings (SSSR count). The Morgan fingerprint density at radius 1 is 1.03 bits per heavy atom. The minimum atomic E-state index is -1.21. The van der Waals surface area contributed by atoms with Crippen LogP contribution in [-0.4, -0.2) is 30.4 Å². The summed E-state index contributed by atoms with van der Waals surface area (Å²) in [5.41, 5.74) is -0.629. The highest BCUT2D eigenvalue weighted by atomic mass is 35.5. The molecule has 2 bridgehead atoms. The number of methoxy groups -OCH3 is 1. The van der Waals surface area contributed by atoms with Gasteiger partial charge >= 0.3 is 5.97 Å². The van der Waals surface area contributed by atoms with Crippen LogP contribution in [0.1, 0.15) is 18.4 Å². The monoisotopic (exact) mass is 410 g/mol. The Kier molecular flexibility index (Phi) is 3.89. The first-order valence-corrected chi connectivity index (χ1v) is 9.89. The van der Waals surface area contributed by atoms with Crippen LogP contribution in [-0.2, 0) is 24.7 Å². The molecule has 6 nitrogen and oxygen atoms in total. The van der Waals surface area contributed by atoms with Gasteiger partial charge in [-0.25, -0.2) is 4.90 Å². The van der Waals surface area contributed by atoms with Crippen molar-refractivity contribution in [1.29, 1.82) is 0 Å². The number of carbonyl (C=O) groups is 3. The van der Waals surface area contributed by atoms with Crippen LogP contribution in [0.5, 0.6) is 0 Å². The van der Waals surface area contributed by atoms with E-state index in [0.29, 0.717) is 23.6 Å². The fraction of sp³-hybridized carbons (Fsp3) is 0.318. The Morgan fingerprint density at radius 2 is 1.69 bits per heavy atom. The summed E-state index contributed by atoms with van der Waals surface area (Å²) in [7, 11) is 1.31. The smallest absolute Gasteiger partial charge is 0.326 e. The second-order valence-corrected chi connectivity index (χ2v) is 8.31. The average molecular weight is 411 g/mol. The number of fused-ring (bicyclic) bond motifs is 5. The summed E-state index contributed by atoms with van der Waals surface area (Å²) in [4.78, 5) is 41.1. The molecule has 2 amide bonds. The number of amides is 2. The lowest BCUT2D eigenvalue weighted by atomic mass is 9.65. The number of nitrogens with zero attached hydrogens (tertiary/aromatic N) is 1. The molecule has 2 aromatic rings. The number of halogens is 1. The van der Waals surface area contributed by atoms with Crippen LogP contribution < -0.4 is 10.2 Å². The summed E-state index contributed by atoms with van der Waals surface area (Å²) in [6, 6.07) is 16.1. The molecule has 4 atom stereocenters. The van der Waals surface area contributed by atoms with E-state index in [9.17, 15) is 14.4 Å². The molecule has 0 aliphatic carbocycles. The zero-order valence-electron chi connectivity index (χ0n) is 15.7. The lowest BCUT2D eigenvalue weighted by Gasteiger charge is -2.33. The van der Waals surface area contributed by atoms with Crippen LogP contribution in [0.3, 0.4) is 0 Å². The van der Waals surface area contributed by atoms with Gasteiger partial charge in [0, 0.05) is 5.02 Å². The Morgan fingerprint density at radius 3 is 2.34 bits per heavy atom. The van der Waals surface area contributed by atoms with Gasteiger partial charge < -0.3 is 4.74 Å². The first-order chi connectivity index (χ1) is 13.9. The second kappa shape index (κ2) is 6.15. The summed E-state index contributed by atoms with van der Waals surface area (Å²) in [5.74, 6) is -2.67. The van der Waals surface area contributed by atoms with Gasteiger partial charge in [0.1, 0.15) is 5.54 Å². The van der Waals surface area contributed by atoms with Crippen molar-refractivity contribution < 1.29 is 19.1 Å². The normalized spacial score (nSPS) is 32.6. The molecule has 0 aromatic heterocycles. The molecule has 2 unspecified atom stereocenters. The minimum Gasteiger partial charge on any atom is -0.468 e. The number of esters is 1. The fourth-order valence-corrected chi connectivity index (χ4v) is 5.61. The number of imide groups is 1. The van der Waals surface area contributed by atoms with Gasteiger partial charge in [0.2, 0.25) is 11.8 Å². The number of benzene rings is 2. The molecule has 0 saturated carbocycles. The summed E-state index contributed by atoms with van der Waals surface area (Å²) in [6.45, 7) is 0. The number of ether oxygens (including phenoxy) is 1. The number of carbonyl (C=O) groups excluding carboxylic acids is 3. The molecule has 1 N–H and O–H groups in total. The second-order valence-electron chi connectivity index (χ2n) is 7.87. The molecule has 3 heterocycles. The molecule has 2 aromatic carbocycles. The zero-order chi connectivity index (χ0) is 20.4. The maximum absolute atomic E-state index is 13.6. The van der Waals surface area contributed by atoms with Crippen molar-refractivity contribution in [3.05, 3.63) is 65.2 Å². The van der Waals surface area contributed by atoms with E-state index >= 15 is 0 Å². The maximum Gasteiger partial charge on any atom is 0.326 e. The quantitative estimate of drug-likeness (QED) is 0.622. The molecule has 29 heavy (non-hydrogen) atoms. The van der Waals surface area contributed by atoms with Crippen LogP contribution in [0.2, 0.25) is 5.02 Å². The van der Waals surface area contributed by atoms with E-state index in [2.05, 4.69) is 5.32 Å². The largest absolute Gasteiger partial charge is 0.468 e. The number of hydrogen-bond acceptors (Lipinski definition) is 5. The number of nitrogens with one attached hydrogen (secondary N) is 1. The Bertz CT molecular complexity index is 1020. The lowest BCUT2D eigenvalue weighted by molar-refractivity contribution is -0.152. The van der Waals surface area contributed by atoms with Crippen molar-refractivity contribution >= 4 is 35.1 Å². The summed E-state index contributed by atoms with van der Waals surface area (Å²) in [6.07, 6.45) is 1.00. The first kappa shape index (κ1) is 18.3. The van der Waals surface area contributed by atoms with E-state index in [-0.39, 0.29) is 11.8 Å².